The molecule has 4 nitrogen and oxygen atoms in total. The van der Waals surface area contributed by atoms with Crippen molar-refractivity contribution in [3.63, 3.8) is 0 Å². The summed E-state index contributed by atoms with van der Waals surface area (Å²) in [6.45, 7) is 4.51. The van der Waals surface area contributed by atoms with E-state index >= 15 is 0 Å². The van der Waals surface area contributed by atoms with Crippen molar-refractivity contribution in [2.24, 2.45) is 0 Å². The topological polar surface area (TPSA) is 39.8 Å². The van der Waals surface area contributed by atoms with E-state index < -0.39 is 0 Å². The first-order chi connectivity index (χ1) is 7.68. The second-order valence-electron chi connectivity index (χ2n) is 4.03. The summed E-state index contributed by atoms with van der Waals surface area (Å²) in [6, 6.07) is 5.90. The molecule has 16 heavy (non-hydrogen) atoms. The van der Waals surface area contributed by atoms with Crippen LogP contribution in [0, 0.1) is 0 Å². The molecule has 0 spiro atoms. The Balaban J connectivity index is 2.27. The molecule has 2 heterocycles. The van der Waals surface area contributed by atoms with Gasteiger partial charge in [0.2, 0.25) is 0 Å². The summed E-state index contributed by atoms with van der Waals surface area (Å²) in [4.78, 5) is 16.1. The van der Waals surface area contributed by atoms with Gasteiger partial charge in [0.15, 0.2) is 0 Å². The zero-order chi connectivity index (χ0) is 11.5. The van der Waals surface area contributed by atoms with Gasteiger partial charge in [0.1, 0.15) is 0 Å². The molecule has 0 aliphatic heterocycles. The second-order valence-corrected chi connectivity index (χ2v) is 4.03. The Morgan fingerprint density at radius 1 is 1.31 bits per heavy atom. The van der Waals surface area contributed by atoms with Gasteiger partial charge in [-0.15, -0.1) is 0 Å². The van der Waals surface area contributed by atoms with Crippen molar-refractivity contribution in [1.82, 2.24) is 14.1 Å². The molecule has 0 saturated carbocycles. The van der Waals surface area contributed by atoms with Gasteiger partial charge in [-0.2, -0.15) is 0 Å². The maximum atomic E-state index is 11.9. The summed E-state index contributed by atoms with van der Waals surface area (Å²) in [5, 5.41) is 0. The van der Waals surface area contributed by atoms with E-state index in [1.165, 1.54) is 0 Å². The Hall–Kier alpha value is -1.84. The molecule has 0 aliphatic rings. The highest BCUT2D eigenvalue weighted by molar-refractivity contribution is 5.04. The maximum Gasteiger partial charge on any atom is 0.328 e. The molecule has 0 aliphatic carbocycles. The number of imidazole rings is 1. The van der Waals surface area contributed by atoms with Crippen molar-refractivity contribution in [2.75, 3.05) is 0 Å². The highest BCUT2D eigenvalue weighted by Gasteiger charge is 2.06. The van der Waals surface area contributed by atoms with Gasteiger partial charge in [-0.25, -0.2) is 4.79 Å². The molecule has 84 valence electrons. The number of pyridine rings is 1. The number of hydrogen-bond donors (Lipinski definition) is 0. The Labute approximate surface area is 94.2 Å². The minimum atomic E-state index is 0.0145. The average Bonchev–Trinajstić information content (AvgIpc) is 2.62. The minimum Gasteiger partial charge on any atom is -0.297 e. The number of hydrogen-bond acceptors (Lipinski definition) is 2. The molecule has 2 aromatic rings. The van der Waals surface area contributed by atoms with Gasteiger partial charge in [0.05, 0.1) is 12.2 Å². The third-order valence-electron chi connectivity index (χ3n) is 2.49. The molecule has 0 atom stereocenters. The molecule has 4 heteroatoms. The van der Waals surface area contributed by atoms with Crippen molar-refractivity contribution in [3.8, 4) is 0 Å². The number of nitrogens with zero attached hydrogens (tertiary/aromatic N) is 3. The van der Waals surface area contributed by atoms with E-state index in [0.717, 1.165) is 5.69 Å². The molecule has 0 amide bonds. The van der Waals surface area contributed by atoms with Crippen molar-refractivity contribution < 1.29 is 0 Å². The quantitative estimate of drug-likeness (QED) is 0.784. The predicted octanol–water partition coefficient (Wildman–Crippen LogP) is 1.67. The van der Waals surface area contributed by atoms with Crippen LogP contribution in [0.25, 0.3) is 0 Å². The van der Waals surface area contributed by atoms with E-state index in [-0.39, 0.29) is 11.7 Å². The molecular weight excluding hydrogens is 202 g/mol. The summed E-state index contributed by atoms with van der Waals surface area (Å²) in [5.41, 5.74) is 0.909. The molecule has 0 fully saturated rings. The lowest BCUT2D eigenvalue weighted by Crippen LogP contribution is -2.25. The lowest BCUT2D eigenvalue weighted by atomic mass is 10.3. The van der Waals surface area contributed by atoms with E-state index in [4.69, 9.17) is 0 Å². The first-order valence-corrected chi connectivity index (χ1v) is 5.35. The van der Waals surface area contributed by atoms with E-state index in [0.29, 0.717) is 6.54 Å². The lowest BCUT2D eigenvalue weighted by Gasteiger charge is -2.04. The molecular formula is C12H15N3O. The van der Waals surface area contributed by atoms with Gasteiger partial charge in [-0.05, 0) is 26.0 Å². The van der Waals surface area contributed by atoms with Crippen LogP contribution in [-0.4, -0.2) is 14.1 Å². The third-order valence-corrected chi connectivity index (χ3v) is 2.49. The van der Waals surface area contributed by atoms with Crippen LogP contribution < -0.4 is 5.69 Å². The fraction of sp³-hybridized carbons (Fsp3) is 0.333. The number of rotatable bonds is 3. The van der Waals surface area contributed by atoms with Gasteiger partial charge in [-0.3, -0.25) is 14.1 Å². The minimum absolute atomic E-state index is 0.0145. The molecule has 0 aromatic carbocycles. The van der Waals surface area contributed by atoms with Crippen molar-refractivity contribution in [1.29, 1.82) is 0 Å². The highest BCUT2D eigenvalue weighted by Crippen LogP contribution is 2.01. The summed E-state index contributed by atoms with van der Waals surface area (Å²) < 4.78 is 3.38. The third kappa shape index (κ3) is 2.05. The van der Waals surface area contributed by atoms with Crippen LogP contribution in [0.15, 0.2) is 41.6 Å². The Kier molecular flexibility index (Phi) is 2.90. The van der Waals surface area contributed by atoms with Gasteiger partial charge in [0.25, 0.3) is 0 Å². The first kappa shape index (κ1) is 10.7. The zero-order valence-electron chi connectivity index (χ0n) is 9.50. The fourth-order valence-electron chi connectivity index (χ4n) is 1.61. The summed E-state index contributed by atoms with van der Waals surface area (Å²) in [6.07, 6.45) is 5.35. The molecule has 0 N–H and O–H groups in total. The lowest BCUT2D eigenvalue weighted by molar-refractivity contribution is 0.560. The van der Waals surface area contributed by atoms with Crippen LogP contribution >= 0.6 is 0 Å². The average molecular weight is 217 g/mol. The van der Waals surface area contributed by atoms with Crippen LogP contribution in [0.5, 0.6) is 0 Å². The van der Waals surface area contributed by atoms with Gasteiger partial charge >= 0.3 is 5.69 Å². The second kappa shape index (κ2) is 4.35. The molecule has 0 saturated heterocycles. The van der Waals surface area contributed by atoms with Crippen LogP contribution in [0.1, 0.15) is 25.6 Å². The predicted molar refractivity (Wildman–Crippen MR) is 62.4 cm³/mol. The zero-order valence-corrected chi connectivity index (χ0v) is 9.50. The first-order valence-electron chi connectivity index (χ1n) is 5.35. The molecule has 0 unspecified atom stereocenters. The molecule has 2 rings (SSSR count). The highest BCUT2D eigenvalue weighted by atomic mass is 16.1. The SMILES string of the molecule is CC(C)n1ccn(Cc2ccccn2)c1=O. The van der Waals surface area contributed by atoms with Crippen LogP contribution in [0.3, 0.4) is 0 Å². The van der Waals surface area contributed by atoms with Crippen LogP contribution in [0.2, 0.25) is 0 Å². The Bertz CT molecular complexity index is 511. The van der Waals surface area contributed by atoms with E-state index in [1.807, 2.05) is 38.2 Å². The summed E-state index contributed by atoms with van der Waals surface area (Å²) >= 11 is 0. The van der Waals surface area contributed by atoms with Crippen molar-refractivity contribution >= 4 is 0 Å². The normalized spacial score (nSPS) is 10.9. The largest absolute Gasteiger partial charge is 0.328 e. The van der Waals surface area contributed by atoms with E-state index in [1.54, 1.807) is 21.5 Å². The smallest absolute Gasteiger partial charge is 0.297 e. The van der Waals surface area contributed by atoms with Crippen molar-refractivity contribution in [2.45, 2.75) is 26.4 Å². The van der Waals surface area contributed by atoms with Crippen LogP contribution in [0.4, 0.5) is 0 Å². The van der Waals surface area contributed by atoms with E-state index in [2.05, 4.69) is 4.98 Å². The summed E-state index contributed by atoms with van der Waals surface area (Å²) in [7, 11) is 0. The van der Waals surface area contributed by atoms with Crippen LogP contribution in [-0.2, 0) is 6.54 Å². The van der Waals surface area contributed by atoms with Gasteiger partial charge in [0, 0.05) is 24.6 Å². The standard InChI is InChI=1S/C12H15N3O/c1-10(2)15-8-7-14(12(15)16)9-11-5-3-4-6-13-11/h3-8,10H,9H2,1-2H3. The molecule has 2 aromatic heterocycles. The van der Waals surface area contributed by atoms with Gasteiger partial charge < -0.3 is 0 Å². The Morgan fingerprint density at radius 2 is 2.12 bits per heavy atom. The Morgan fingerprint density at radius 3 is 2.69 bits per heavy atom. The fourth-order valence-corrected chi connectivity index (χ4v) is 1.61. The monoisotopic (exact) mass is 217 g/mol. The molecule has 0 radical (unpaired) electrons. The van der Waals surface area contributed by atoms with Crippen molar-refractivity contribution in [3.05, 3.63) is 53.0 Å². The van der Waals surface area contributed by atoms with Gasteiger partial charge in [-0.1, -0.05) is 6.07 Å². The molecule has 0 bridgehead atoms. The van der Waals surface area contributed by atoms with E-state index in [9.17, 15) is 4.79 Å². The number of aromatic nitrogens is 3. The maximum absolute atomic E-state index is 11.9. The summed E-state index contributed by atoms with van der Waals surface area (Å²) in [5.74, 6) is 0.